The molecule has 0 fully saturated rings. The van der Waals surface area contributed by atoms with E-state index in [9.17, 15) is 4.79 Å². The van der Waals surface area contributed by atoms with Gasteiger partial charge in [-0.15, -0.1) is 0 Å². The van der Waals surface area contributed by atoms with Crippen molar-refractivity contribution >= 4 is 11.8 Å². The van der Waals surface area contributed by atoms with Crippen molar-refractivity contribution in [3.8, 4) is 11.4 Å². The fourth-order valence-electron chi connectivity index (χ4n) is 1.58. The lowest BCUT2D eigenvalue weighted by Crippen LogP contribution is -2.14. The first-order valence-corrected chi connectivity index (χ1v) is 5.96. The molecule has 2 aromatic rings. The van der Waals surface area contributed by atoms with Crippen LogP contribution in [0.5, 0.6) is 0 Å². The quantitative estimate of drug-likeness (QED) is 0.766. The molecule has 0 aromatic carbocycles. The first-order chi connectivity index (χ1) is 9.72. The van der Waals surface area contributed by atoms with E-state index in [2.05, 4.69) is 20.3 Å². The van der Waals surface area contributed by atoms with E-state index in [1.165, 1.54) is 6.20 Å². The van der Waals surface area contributed by atoms with Crippen LogP contribution in [0, 0.1) is 0 Å². The molecule has 2 N–H and O–H groups in total. The Morgan fingerprint density at radius 1 is 1.40 bits per heavy atom. The molecular formula is C13H14N4O3. The van der Waals surface area contributed by atoms with Crippen LogP contribution in [0.4, 0.5) is 5.82 Å². The molecule has 0 radical (unpaired) electrons. The van der Waals surface area contributed by atoms with Crippen molar-refractivity contribution < 1.29 is 14.6 Å². The molecule has 0 saturated heterocycles. The second-order valence-corrected chi connectivity index (χ2v) is 3.92. The lowest BCUT2D eigenvalue weighted by molar-refractivity contribution is 0.0697. The summed E-state index contributed by atoms with van der Waals surface area (Å²) in [6.45, 7) is 0.914. The molecule has 7 nitrogen and oxygen atoms in total. The molecule has 0 saturated carbocycles. The predicted octanol–water partition coefficient (Wildman–Crippen LogP) is 1.30. The molecule has 0 bridgehead atoms. The molecule has 104 valence electrons. The van der Waals surface area contributed by atoms with Gasteiger partial charge in [0.25, 0.3) is 0 Å². The number of methoxy groups -OCH3 is 1. The van der Waals surface area contributed by atoms with Crippen LogP contribution in [0.3, 0.4) is 0 Å². The Kier molecular flexibility index (Phi) is 4.56. The van der Waals surface area contributed by atoms with Crippen molar-refractivity contribution in [2.24, 2.45) is 0 Å². The summed E-state index contributed by atoms with van der Waals surface area (Å²) in [5.74, 6) is -0.361. The van der Waals surface area contributed by atoms with E-state index in [4.69, 9.17) is 9.84 Å². The second-order valence-electron chi connectivity index (χ2n) is 3.92. The molecule has 7 heteroatoms. The highest BCUT2D eigenvalue weighted by Gasteiger charge is 2.14. The fraction of sp³-hybridized carbons (Fsp3) is 0.231. The van der Waals surface area contributed by atoms with E-state index in [1.807, 2.05) is 0 Å². The van der Waals surface area contributed by atoms with Crippen LogP contribution in [-0.4, -0.2) is 46.3 Å². The summed E-state index contributed by atoms with van der Waals surface area (Å²) in [6, 6.07) is 3.52. The number of hydrogen-bond acceptors (Lipinski definition) is 6. The van der Waals surface area contributed by atoms with Crippen molar-refractivity contribution in [2.45, 2.75) is 0 Å². The topological polar surface area (TPSA) is 97.2 Å². The van der Waals surface area contributed by atoms with Gasteiger partial charge in [0.15, 0.2) is 5.82 Å². The summed E-state index contributed by atoms with van der Waals surface area (Å²) in [6.07, 6.45) is 4.55. The van der Waals surface area contributed by atoms with Crippen molar-refractivity contribution in [1.82, 2.24) is 15.0 Å². The molecule has 20 heavy (non-hydrogen) atoms. The van der Waals surface area contributed by atoms with Gasteiger partial charge in [-0.1, -0.05) is 0 Å². The van der Waals surface area contributed by atoms with Crippen molar-refractivity contribution in [1.29, 1.82) is 0 Å². The zero-order chi connectivity index (χ0) is 14.4. The highest BCUT2D eigenvalue weighted by atomic mass is 16.5. The van der Waals surface area contributed by atoms with Crippen LogP contribution in [0.2, 0.25) is 0 Å². The number of ether oxygens (including phenoxy) is 1. The molecule has 0 aliphatic rings. The Bertz CT molecular complexity index is 589. The van der Waals surface area contributed by atoms with Gasteiger partial charge in [0.1, 0.15) is 11.4 Å². The van der Waals surface area contributed by atoms with Crippen LogP contribution < -0.4 is 5.32 Å². The molecule has 0 spiro atoms. The molecule has 2 heterocycles. The summed E-state index contributed by atoms with van der Waals surface area (Å²) >= 11 is 0. The lowest BCUT2D eigenvalue weighted by Gasteiger charge is -2.09. The van der Waals surface area contributed by atoms with Crippen LogP contribution in [-0.2, 0) is 4.74 Å². The Morgan fingerprint density at radius 2 is 2.15 bits per heavy atom. The van der Waals surface area contributed by atoms with E-state index < -0.39 is 5.97 Å². The first kappa shape index (κ1) is 13.9. The van der Waals surface area contributed by atoms with Gasteiger partial charge in [-0.25, -0.2) is 14.8 Å². The van der Waals surface area contributed by atoms with E-state index in [0.717, 1.165) is 5.56 Å². The van der Waals surface area contributed by atoms with Gasteiger partial charge in [-0.05, 0) is 12.1 Å². The number of nitrogens with one attached hydrogen (secondary N) is 1. The van der Waals surface area contributed by atoms with E-state index >= 15 is 0 Å². The zero-order valence-corrected chi connectivity index (χ0v) is 10.9. The van der Waals surface area contributed by atoms with Crippen LogP contribution >= 0.6 is 0 Å². The number of anilines is 1. The third-order valence-electron chi connectivity index (χ3n) is 2.56. The summed E-state index contributed by atoms with van der Waals surface area (Å²) in [5, 5.41) is 12.1. The largest absolute Gasteiger partial charge is 0.477 e. The van der Waals surface area contributed by atoms with Gasteiger partial charge in [0.05, 0.1) is 6.61 Å². The number of carboxylic acids is 1. The number of aromatic carboxylic acids is 1. The number of nitrogens with zero attached hydrogens (tertiary/aromatic N) is 3. The highest BCUT2D eigenvalue weighted by Crippen LogP contribution is 2.18. The maximum Gasteiger partial charge on any atom is 0.341 e. The smallest absolute Gasteiger partial charge is 0.341 e. The Morgan fingerprint density at radius 3 is 2.80 bits per heavy atom. The van der Waals surface area contributed by atoms with Crippen LogP contribution in [0.15, 0.2) is 30.7 Å². The summed E-state index contributed by atoms with van der Waals surface area (Å²) in [4.78, 5) is 23.4. The van der Waals surface area contributed by atoms with Gasteiger partial charge in [-0.2, -0.15) is 0 Å². The molecule has 0 aliphatic carbocycles. The number of aromatic nitrogens is 3. The standard InChI is InChI=1S/C13H14N4O3/c1-20-7-6-15-12-10(13(18)19)8-16-11(17-12)9-2-4-14-5-3-9/h2-5,8H,6-7H2,1H3,(H,18,19)(H,15,16,17). The second kappa shape index (κ2) is 6.58. The molecular weight excluding hydrogens is 260 g/mol. The van der Waals surface area contributed by atoms with Crippen molar-refractivity contribution in [3.05, 3.63) is 36.3 Å². The summed E-state index contributed by atoms with van der Waals surface area (Å²) in [5.41, 5.74) is 0.797. The minimum Gasteiger partial charge on any atom is -0.477 e. The van der Waals surface area contributed by atoms with Gasteiger partial charge in [-0.3, -0.25) is 4.98 Å². The number of carbonyl (C=O) groups is 1. The van der Waals surface area contributed by atoms with Gasteiger partial charge < -0.3 is 15.2 Å². The Hall–Kier alpha value is -2.54. The summed E-state index contributed by atoms with van der Waals surface area (Å²) in [7, 11) is 1.57. The molecule has 0 amide bonds. The average Bonchev–Trinajstić information content (AvgIpc) is 2.48. The van der Waals surface area contributed by atoms with Crippen LogP contribution in [0.25, 0.3) is 11.4 Å². The van der Waals surface area contributed by atoms with Gasteiger partial charge in [0.2, 0.25) is 0 Å². The number of pyridine rings is 1. The lowest BCUT2D eigenvalue weighted by atomic mass is 10.2. The highest BCUT2D eigenvalue weighted by molar-refractivity contribution is 5.93. The zero-order valence-electron chi connectivity index (χ0n) is 10.9. The minimum absolute atomic E-state index is 0.0268. The van der Waals surface area contributed by atoms with Crippen molar-refractivity contribution in [3.63, 3.8) is 0 Å². The van der Waals surface area contributed by atoms with E-state index in [-0.39, 0.29) is 11.4 Å². The monoisotopic (exact) mass is 274 g/mol. The molecule has 0 unspecified atom stereocenters. The van der Waals surface area contributed by atoms with E-state index in [1.54, 1.807) is 31.6 Å². The number of carboxylic acid groups (broad SMARTS) is 1. The molecule has 0 aliphatic heterocycles. The first-order valence-electron chi connectivity index (χ1n) is 5.96. The SMILES string of the molecule is COCCNc1nc(-c2ccncc2)ncc1C(=O)O. The molecule has 2 aromatic heterocycles. The molecule has 0 atom stereocenters. The number of rotatable bonds is 6. The fourth-order valence-corrected chi connectivity index (χ4v) is 1.58. The maximum absolute atomic E-state index is 11.1. The third-order valence-corrected chi connectivity index (χ3v) is 2.56. The van der Waals surface area contributed by atoms with Crippen LogP contribution in [0.1, 0.15) is 10.4 Å². The summed E-state index contributed by atoms with van der Waals surface area (Å²) < 4.78 is 4.92. The predicted molar refractivity (Wildman–Crippen MR) is 72.6 cm³/mol. The van der Waals surface area contributed by atoms with Crippen molar-refractivity contribution in [2.75, 3.05) is 25.6 Å². The van der Waals surface area contributed by atoms with Gasteiger partial charge in [0, 0.05) is 37.8 Å². The molecule has 2 rings (SSSR count). The third kappa shape index (κ3) is 3.27. The average molecular weight is 274 g/mol. The maximum atomic E-state index is 11.1. The van der Waals surface area contributed by atoms with E-state index in [0.29, 0.717) is 19.0 Å². The minimum atomic E-state index is -1.08. The normalized spacial score (nSPS) is 10.2. The number of hydrogen-bond donors (Lipinski definition) is 2. The Labute approximate surface area is 115 Å². The Balaban J connectivity index is 2.32. The van der Waals surface area contributed by atoms with Gasteiger partial charge >= 0.3 is 5.97 Å².